The number of rotatable bonds is 4. The van der Waals surface area contributed by atoms with Gasteiger partial charge in [-0.25, -0.2) is 4.39 Å². The third-order valence-corrected chi connectivity index (χ3v) is 3.60. The molecule has 0 saturated carbocycles. The molecule has 118 valence electrons. The number of hydrogen-bond donors (Lipinski definition) is 1. The maximum absolute atomic E-state index is 13.2. The summed E-state index contributed by atoms with van der Waals surface area (Å²) in [6, 6.07) is 8.03. The fraction of sp³-hybridized carbons (Fsp3) is 0.188. The standard InChI is InChI=1S/C16H16FN5O/c1-11-14(9-18-21(11)2)16(23)19-15-6-7-22(20-15)10-12-4-3-5-13(17)8-12/h3-9H,10H2,1-2H3,(H,19,20,23). The van der Waals surface area contributed by atoms with Crippen LogP contribution in [0.4, 0.5) is 10.2 Å². The molecule has 0 radical (unpaired) electrons. The Kier molecular flexibility index (Phi) is 3.92. The van der Waals surface area contributed by atoms with Crippen molar-refractivity contribution in [1.29, 1.82) is 0 Å². The van der Waals surface area contributed by atoms with Crippen molar-refractivity contribution in [2.24, 2.45) is 7.05 Å². The SMILES string of the molecule is Cc1c(C(=O)Nc2ccn(Cc3cccc(F)c3)n2)cnn1C. The van der Waals surface area contributed by atoms with E-state index >= 15 is 0 Å². The zero-order valence-corrected chi connectivity index (χ0v) is 12.8. The molecule has 0 spiro atoms. The number of aromatic nitrogens is 4. The van der Waals surface area contributed by atoms with Gasteiger partial charge in [-0.15, -0.1) is 0 Å². The number of anilines is 1. The normalized spacial score (nSPS) is 10.7. The Hall–Kier alpha value is -2.96. The number of carbonyl (C=O) groups excluding carboxylic acids is 1. The van der Waals surface area contributed by atoms with Crippen LogP contribution < -0.4 is 5.32 Å². The molecule has 0 aliphatic carbocycles. The lowest BCUT2D eigenvalue weighted by atomic mass is 10.2. The smallest absolute Gasteiger partial charge is 0.260 e. The second-order valence-corrected chi connectivity index (χ2v) is 5.25. The van der Waals surface area contributed by atoms with Gasteiger partial charge in [0.05, 0.1) is 18.3 Å². The highest BCUT2D eigenvalue weighted by molar-refractivity contribution is 6.04. The van der Waals surface area contributed by atoms with Gasteiger partial charge < -0.3 is 5.32 Å². The molecule has 0 aliphatic heterocycles. The number of carbonyl (C=O) groups is 1. The van der Waals surface area contributed by atoms with Gasteiger partial charge >= 0.3 is 0 Å². The Morgan fingerprint density at radius 2 is 2.17 bits per heavy atom. The van der Waals surface area contributed by atoms with Crippen LogP contribution in [0.3, 0.4) is 0 Å². The van der Waals surface area contributed by atoms with Crippen LogP contribution in [0.15, 0.2) is 42.7 Å². The molecule has 2 aromatic heterocycles. The third kappa shape index (κ3) is 3.28. The highest BCUT2D eigenvalue weighted by Gasteiger charge is 2.14. The summed E-state index contributed by atoms with van der Waals surface area (Å²) >= 11 is 0. The summed E-state index contributed by atoms with van der Waals surface area (Å²) in [5.41, 5.74) is 2.09. The van der Waals surface area contributed by atoms with Crippen LogP contribution in [0.25, 0.3) is 0 Å². The van der Waals surface area contributed by atoms with Crippen LogP contribution in [0.1, 0.15) is 21.6 Å². The molecule has 3 aromatic rings. The van der Waals surface area contributed by atoms with Crippen LogP contribution in [-0.4, -0.2) is 25.5 Å². The first-order chi connectivity index (χ1) is 11.0. The monoisotopic (exact) mass is 313 g/mol. The lowest BCUT2D eigenvalue weighted by Gasteiger charge is -2.03. The van der Waals surface area contributed by atoms with Crippen LogP contribution in [-0.2, 0) is 13.6 Å². The van der Waals surface area contributed by atoms with Gasteiger partial charge in [-0.1, -0.05) is 12.1 Å². The average molecular weight is 313 g/mol. The zero-order valence-electron chi connectivity index (χ0n) is 12.8. The number of benzene rings is 1. The van der Waals surface area contributed by atoms with Crippen LogP contribution in [0.5, 0.6) is 0 Å². The Labute approximate surface area is 132 Å². The minimum Gasteiger partial charge on any atom is -0.305 e. The quantitative estimate of drug-likeness (QED) is 0.804. The van der Waals surface area contributed by atoms with Crippen molar-refractivity contribution in [3.05, 3.63) is 65.4 Å². The molecule has 0 bridgehead atoms. The lowest BCUT2D eigenvalue weighted by Crippen LogP contribution is -2.14. The molecular weight excluding hydrogens is 297 g/mol. The van der Waals surface area contributed by atoms with Crippen molar-refractivity contribution in [3.63, 3.8) is 0 Å². The molecule has 1 N–H and O–H groups in total. The van der Waals surface area contributed by atoms with Gasteiger partial charge in [0.25, 0.3) is 5.91 Å². The van der Waals surface area contributed by atoms with Crippen molar-refractivity contribution < 1.29 is 9.18 Å². The van der Waals surface area contributed by atoms with Gasteiger partial charge in [0.2, 0.25) is 0 Å². The van der Waals surface area contributed by atoms with E-state index < -0.39 is 0 Å². The van der Waals surface area contributed by atoms with Gasteiger partial charge in [0, 0.05) is 25.0 Å². The molecule has 7 heteroatoms. The highest BCUT2D eigenvalue weighted by Crippen LogP contribution is 2.11. The van der Waals surface area contributed by atoms with E-state index in [1.165, 1.54) is 18.3 Å². The summed E-state index contributed by atoms with van der Waals surface area (Å²) < 4.78 is 16.5. The molecule has 1 aromatic carbocycles. The summed E-state index contributed by atoms with van der Waals surface area (Å²) in [5.74, 6) is -0.100. The molecule has 0 atom stereocenters. The van der Waals surface area contributed by atoms with Crippen LogP contribution >= 0.6 is 0 Å². The van der Waals surface area contributed by atoms with Gasteiger partial charge in [-0.2, -0.15) is 10.2 Å². The van der Waals surface area contributed by atoms with Crippen molar-refractivity contribution in [1.82, 2.24) is 19.6 Å². The Bertz CT molecular complexity index is 852. The summed E-state index contributed by atoms with van der Waals surface area (Å²) in [5, 5.41) is 11.0. The van der Waals surface area contributed by atoms with Crippen molar-refractivity contribution in [2.75, 3.05) is 5.32 Å². The van der Waals surface area contributed by atoms with E-state index in [-0.39, 0.29) is 11.7 Å². The maximum Gasteiger partial charge on any atom is 0.260 e. The molecular formula is C16H16FN5O. The van der Waals surface area contributed by atoms with E-state index in [1.807, 2.05) is 13.0 Å². The minimum atomic E-state index is -0.282. The number of hydrogen-bond acceptors (Lipinski definition) is 3. The fourth-order valence-electron chi connectivity index (χ4n) is 2.24. The van der Waals surface area contributed by atoms with Gasteiger partial charge in [-0.05, 0) is 24.6 Å². The number of nitrogens with one attached hydrogen (secondary N) is 1. The van der Waals surface area contributed by atoms with E-state index in [0.29, 0.717) is 17.9 Å². The van der Waals surface area contributed by atoms with Crippen molar-refractivity contribution in [2.45, 2.75) is 13.5 Å². The van der Waals surface area contributed by atoms with E-state index in [2.05, 4.69) is 15.5 Å². The first-order valence-electron chi connectivity index (χ1n) is 7.11. The molecule has 23 heavy (non-hydrogen) atoms. The van der Waals surface area contributed by atoms with Gasteiger partial charge in [0.15, 0.2) is 5.82 Å². The van der Waals surface area contributed by atoms with Crippen LogP contribution in [0, 0.1) is 12.7 Å². The molecule has 0 fully saturated rings. The zero-order chi connectivity index (χ0) is 16.4. The second-order valence-electron chi connectivity index (χ2n) is 5.25. The molecule has 3 rings (SSSR count). The Morgan fingerprint density at radius 3 is 2.87 bits per heavy atom. The predicted octanol–water partition coefficient (Wildman–Crippen LogP) is 2.36. The topological polar surface area (TPSA) is 64.7 Å². The largest absolute Gasteiger partial charge is 0.305 e. The van der Waals surface area contributed by atoms with E-state index in [1.54, 1.807) is 34.7 Å². The molecule has 2 heterocycles. The second kappa shape index (κ2) is 6.04. The number of aryl methyl sites for hydroxylation is 1. The van der Waals surface area contributed by atoms with Crippen LogP contribution in [0.2, 0.25) is 0 Å². The predicted molar refractivity (Wildman–Crippen MR) is 83.6 cm³/mol. The number of halogens is 1. The van der Waals surface area contributed by atoms with E-state index in [0.717, 1.165) is 11.3 Å². The summed E-state index contributed by atoms with van der Waals surface area (Å²) in [7, 11) is 1.78. The maximum atomic E-state index is 13.2. The fourth-order valence-corrected chi connectivity index (χ4v) is 2.24. The molecule has 1 amide bonds. The Morgan fingerprint density at radius 1 is 1.35 bits per heavy atom. The first-order valence-corrected chi connectivity index (χ1v) is 7.11. The third-order valence-electron chi connectivity index (χ3n) is 3.60. The Balaban J connectivity index is 1.70. The van der Waals surface area contributed by atoms with E-state index in [9.17, 15) is 9.18 Å². The van der Waals surface area contributed by atoms with E-state index in [4.69, 9.17) is 0 Å². The molecule has 6 nitrogen and oxygen atoms in total. The number of amides is 1. The lowest BCUT2D eigenvalue weighted by molar-refractivity contribution is 0.102. The minimum absolute atomic E-state index is 0.258. The summed E-state index contributed by atoms with van der Waals surface area (Å²) in [6.45, 7) is 2.25. The molecule has 0 unspecified atom stereocenters. The summed E-state index contributed by atoms with van der Waals surface area (Å²) in [6.07, 6.45) is 3.25. The average Bonchev–Trinajstić information content (AvgIpc) is 3.07. The molecule has 0 aliphatic rings. The van der Waals surface area contributed by atoms with Crippen molar-refractivity contribution >= 4 is 11.7 Å². The van der Waals surface area contributed by atoms with Crippen molar-refractivity contribution in [3.8, 4) is 0 Å². The highest BCUT2D eigenvalue weighted by atomic mass is 19.1. The van der Waals surface area contributed by atoms with Gasteiger partial charge in [-0.3, -0.25) is 14.2 Å². The first kappa shape index (κ1) is 15.0. The summed E-state index contributed by atoms with van der Waals surface area (Å²) in [4.78, 5) is 12.2. The number of nitrogens with zero attached hydrogens (tertiary/aromatic N) is 4. The van der Waals surface area contributed by atoms with Gasteiger partial charge in [0.1, 0.15) is 5.82 Å². The molecule has 0 saturated heterocycles.